The Hall–Kier alpha value is -1.75. The third kappa shape index (κ3) is 4.61. The average Bonchev–Trinajstić information content (AvgIpc) is 2.93. The molecule has 4 aliphatic rings. The Morgan fingerprint density at radius 1 is 1.27 bits per heavy atom. The summed E-state index contributed by atoms with van der Waals surface area (Å²) in [6.07, 6.45) is 0.0733. The van der Waals surface area contributed by atoms with Crippen molar-refractivity contribution in [3.63, 3.8) is 0 Å². The topological polar surface area (TPSA) is 74.6 Å². The fraction of sp³-hybridized carbons (Fsp3) is 0.789. The number of amides is 1. The lowest BCUT2D eigenvalue weighted by atomic mass is 9.44. The van der Waals surface area contributed by atoms with Crippen LogP contribution < -0.4 is 10.1 Å². The summed E-state index contributed by atoms with van der Waals surface area (Å²) in [6.45, 7) is 7.17. The molecule has 0 saturated heterocycles. The molecule has 1 amide bonds. The van der Waals surface area contributed by atoms with Gasteiger partial charge >= 0.3 is 12.5 Å². The highest BCUT2D eigenvalue weighted by molar-refractivity contribution is 6.76. The lowest BCUT2D eigenvalue weighted by Gasteiger charge is -2.69. The summed E-state index contributed by atoms with van der Waals surface area (Å²) >= 11 is 0. The Balaban J connectivity index is 1.19. The van der Waals surface area contributed by atoms with Gasteiger partial charge in [0.1, 0.15) is 6.10 Å². The van der Waals surface area contributed by atoms with Crippen molar-refractivity contribution in [2.45, 2.75) is 87.4 Å². The van der Waals surface area contributed by atoms with E-state index in [1.54, 1.807) is 12.4 Å². The molecule has 4 saturated carbocycles. The molecule has 0 aliphatic heterocycles. The summed E-state index contributed by atoms with van der Waals surface area (Å²) in [6, 6.07) is 0.942. The standard InChI is InChI=1S/C19H28F3N3O4Si/c1-30(2,3)5-4-27-16(26)24-17-10-18(11-17,12-17)25-9-15(8-23-25)28-13-6-14(7-13)29-19(20,21)22/h8-9,13-14H,4-7,10-12H2,1-3H3,(H,24,26)/t13-,14+,17?,18?. The van der Waals surface area contributed by atoms with Crippen LogP contribution in [0.5, 0.6) is 5.75 Å². The Morgan fingerprint density at radius 3 is 2.53 bits per heavy atom. The van der Waals surface area contributed by atoms with E-state index in [-0.39, 0.29) is 36.1 Å². The summed E-state index contributed by atoms with van der Waals surface area (Å²) < 4.78 is 53.4. The lowest BCUT2D eigenvalue weighted by Crippen LogP contribution is -2.78. The molecule has 0 unspecified atom stereocenters. The minimum Gasteiger partial charge on any atom is -0.487 e. The molecule has 11 heteroatoms. The molecule has 2 bridgehead atoms. The van der Waals surface area contributed by atoms with Gasteiger partial charge in [-0.25, -0.2) is 4.79 Å². The third-order valence-corrected chi connectivity index (χ3v) is 7.86. The zero-order valence-corrected chi connectivity index (χ0v) is 18.4. The molecule has 0 aromatic carbocycles. The predicted molar refractivity (Wildman–Crippen MR) is 104 cm³/mol. The second-order valence-corrected chi connectivity index (χ2v) is 15.7. The fourth-order valence-corrected chi connectivity index (χ4v) is 5.24. The minimum absolute atomic E-state index is 0.116. The highest BCUT2D eigenvalue weighted by Gasteiger charge is 2.70. The van der Waals surface area contributed by atoms with Crippen molar-refractivity contribution >= 4 is 14.2 Å². The summed E-state index contributed by atoms with van der Waals surface area (Å²) in [5.41, 5.74) is -0.325. The van der Waals surface area contributed by atoms with Gasteiger partial charge in [-0.2, -0.15) is 5.10 Å². The quantitative estimate of drug-likeness (QED) is 0.609. The minimum atomic E-state index is -4.60. The first kappa shape index (κ1) is 21.5. The molecule has 5 rings (SSSR count). The van der Waals surface area contributed by atoms with Crippen molar-refractivity contribution in [2.75, 3.05) is 6.61 Å². The predicted octanol–water partition coefficient (Wildman–Crippen LogP) is 4.03. The van der Waals surface area contributed by atoms with Gasteiger partial charge in [-0.15, -0.1) is 13.2 Å². The maximum absolute atomic E-state index is 12.2. The highest BCUT2D eigenvalue weighted by atomic mass is 28.3. The van der Waals surface area contributed by atoms with Gasteiger partial charge in [-0.05, 0) is 25.3 Å². The molecule has 168 valence electrons. The summed E-state index contributed by atoms with van der Waals surface area (Å²) in [7, 11) is -1.23. The number of alkyl carbamates (subject to hydrolysis) is 1. The van der Waals surface area contributed by atoms with Crippen molar-refractivity contribution in [1.29, 1.82) is 0 Å². The molecule has 0 radical (unpaired) electrons. The number of nitrogens with one attached hydrogen (secondary N) is 1. The smallest absolute Gasteiger partial charge is 0.487 e. The highest BCUT2D eigenvalue weighted by Crippen LogP contribution is 2.65. The van der Waals surface area contributed by atoms with Crippen LogP contribution in [0.15, 0.2) is 12.4 Å². The van der Waals surface area contributed by atoms with E-state index in [1.807, 2.05) is 4.68 Å². The van der Waals surface area contributed by atoms with Crippen molar-refractivity contribution in [3.05, 3.63) is 12.4 Å². The third-order valence-electron chi connectivity index (χ3n) is 6.15. The van der Waals surface area contributed by atoms with E-state index in [2.05, 4.69) is 34.8 Å². The first-order valence-corrected chi connectivity index (χ1v) is 14.0. The van der Waals surface area contributed by atoms with Gasteiger partial charge in [-0.3, -0.25) is 9.42 Å². The zero-order valence-electron chi connectivity index (χ0n) is 17.4. The number of alkyl halides is 3. The second-order valence-electron chi connectivity index (χ2n) is 10.1. The molecular formula is C19H28F3N3O4Si. The summed E-state index contributed by atoms with van der Waals surface area (Å²) in [5, 5.41) is 7.36. The van der Waals surface area contributed by atoms with E-state index in [9.17, 15) is 18.0 Å². The average molecular weight is 448 g/mol. The SMILES string of the molecule is C[Si](C)(C)CCOC(=O)NC12CC(n3cc(O[C@H]4C[C@@H](OC(F)(F)F)C4)cn3)(C1)C2. The largest absolute Gasteiger partial charge is 0.522 e. The molecule has 7 nitrogen and oxygen atoms in total. The maximum atomic E-state index is 12.2. The molecule has 4 aliphatic carbocycles. The lowest BCUT2D eigenvalue weighted by molar-refractivity contribution is -0.355. The number of ether oxygens (including phenoxy) is 3. The van der Waals surface area contributed by atoms with Crippen LogP contribution in [0, 0.1) is 0 Å². The van der Waals surface area contributed by atoms with E-state index < -0.39 is 20.5 Å². The molecule has 4 fully saturated rings. The number of halogens is 3. The molecule has 0 atom stereocenters. The Bertz CT molecular complexity index is 782. The number of aromatic nitrogens is 2. The van der Waals surface area contributed by atoms with Gasteiger partial charge in [0.25, 0.3) is 0 Å². The maximum Gasteiger partial charge on any atom is 0.522 e. The molecular weight excluding hydrogens is 419 g/mol. The van der Waals surface area contributed by atoms with E-state index in [0.717, 1.165) is 25.3 Å². The van der Waals surface area contributed by atoms with Gasteiger partial charge in [0.05, 0.1) is 36.2 Å². The fourth-order valence-electron chi connectivity index (χ4n) is 4.53. The molecule has 1 N–H and O–H groups in total. The molecule has 1 aromatic heterocycles. The van der Waals surface area contributed by atoms with Crippen LogP contribution in [-0.2, 0) is 15.0 Å². The normalized spacial score (nSPS) is 32.5. The number of nitrogens with zero attached hydrogens (tertiary/aromatic N) is 2. The molecule has 1 aromatic rings. The van der Waals surface area contributed by atoms with Gasteiger partial charge in [0.2, 0.25) is 0 Å². The van der Waals surface area contributed by atoms with Gasteiger partial charge in [0.15, 0.2) is 5.75 Å². The molecule has 30 heavy (non-hydrogen) atoms. The van der Waals surface area contributed by atoms with Crippen molar-refractivity contribution in [1.82, 2.24) is 15.1 Å². The van der Waals surface area contributed by atoms with E-state index in [0.29, 0.717) is 12.4 Å². The Morgan fingerprint density at radius 2 is 1.93 bits per heavy atom. The van der Waals surface area contributed by atoms with Crippen LogP contribution in [0.4, 0.5) is 18.0 Å². The monoisotopic (exact) mass is 447 g/mol. The van der Waals surface area contributed by atoms with Crippen LogP contribution in [0.3, 0.4) is 0 Å². The van der Waals surface area contributed by atoms with Crippen molar-refractivity contribution < 1.29 is 32.2 Å². The number of carbonyl (C=O) groups is 1. The van der Waals surface area contributed by atoms with Crippen molar-refractivity contribution in [2.24, 2.45) is 0 Å². The molecule has 1 heterocycles. The van der Waals surface area contributed by atoms with Crippen LogP contribution >= 0.6 is 0 Å². The molecule has 0 spiro atoms. The van der Waals surface area contributed by atoms with Crippen LogP contribution in [0.1, 0.15) is 32.1 Å². The first-order valence-electron chi connectivity index (χ1n) is 10.3. The van der Waals surface area contributed by atoms with Crippen LogP contribution in [0.2, 0.25) is 25.7 Å². The van der Waals surface area contributed by atoms with Crippen LogP contribution in [0.25, 0.3) is 0 Å². The van der Waals surface area contributed by atoms with E-state index in [4.69, 9.17) is 9.47 Å². The van der Waals surface area contributed by atoms with Gasteiger partial charge < -0.3 is 14.8 Å². The zero-order chi connectivity index (χ0) is 21.8. The van der Waals surface area contributed by atoms with E-state index >= 15 is 0 Å². The Labute approximate surface area is 174 Å². The van der Waals surface area contributed by atoms with Crippen LogP contribution in [-0.4, -0.2) is 54.7 Å². The summed E-state index contributed by atoms with van der Waals surface area (Å²) in [4.78, 5) is 12.0. The van der Waals surface area contributed by atoms with E-state index in [1.165, 1.54) is 0 Å². The number of rotatable bonds is 8. The number of carbonyl (C=O) groups excluding carboxylic acids is 1. The second kappa shape index (κ2) is 7.15. The number of hydrogen-bond donors (Lipinski definition) is 1. The van der Waals surface area contributed by atoms with Gasteiger partial charge in [0, 0.05) is 20.9 Å². The van der Waals surface area contributed by atoms with Gasteiger partial charge in [-0.1, -0.05) is 19.6 Å². The number of hydrogen-bond acceptors (Lipinski definition) is 5. The Kier molecular flexibility index (Phi) is 5.12. The first-order chi connectivity index (χ1) is 13.9. The summed E-state index contributed by atoms with van der Waals surface area (Å²) in [5.74, 6) is 0.544. The van der Waals surface area contributed by atoms with Crippen molar-refractivity contribution in [3.8, 4) is 5.75 Å².